The highest BCUT2D eigenvalue weighted by Gasteiger charge is 2.21. The third-order valence-corrected chi connectivity index (χ3v) is 5.56. The molecule has 1 aromatic carbocycles. The highest BCUT2D eigenvalue weighted by Crippen LogP contribution is 2.32. The molecule has 1 aliphatic rings. The van der Waals surface area contributed by atoms with Crippen molar-refractivity contribution >= 4 is 34.7 Å². The van der Waals surface area contributed by atoms with Crippen molar-refractivity contribution < 1.29 is 0 Å². The molecule has 0 heterocycles. The second-order valence-electron chi connectivity index (χ2n) is 5.88. The van der Waals surface area contributed by atoms with Gasteiger partial charge < -0.3 is 11.1 Å². The van der Waals surface area contributed by atoms with Crippen LogP contribution in [0.15, 0.2) is 23.1 Å². The Hall–Kier alpha value is -0.740. The molecule has 0 spiro atoms. The van der Waals surface area contributed by atoms with Crippen LogP contribution in [0.25, 0.3) is 0 Å². The van der Waals surface area contributed by atoms with E-state index in [4.69, 9.17) is 18.0 Å². The first kappa shape index (κ1) is 16.6. The van der Waals surface area contributed by atoms with Crippen LogP contribution in [-0.4, -0.2) is 17.3 Å². The number of nitrogens with two attached hydrogens (primary N) is 1. The van der Waals surface area contributed by atoms with Gasteiger partial charge in [0, 0.05) is 22.7 Å². The Balaban J connectivity index is 2.11. The van der Waals surface area contributed by atoms with E-state index in [1.165, 1.54) is 30.6 Å². The summed E-state index contributed by atoms with van der Waals surface area (Å²) in [4.78, 5) is 1.68. The van der Waals surface area contributed by atoms with Crippen LogP contribution in [-0.2, 0) is 0 Å². The molecule has 2 rings (SSSR count). The zero-order valence-electron chi connectivity index (χ0n) is 13.0. The molecule has 0 amide bonds. The molecular formula is C17H26N2S2. The van der Waals surface area contributed by atoms with Crippen molar-refractivity contribution in [3.05, 3.63) is 23.8 Å². The lowest BCUT2D eigenvalue weighted by Crippen LogP contribution is -2.25. The number of rotatable bonds is 6. The maximum absolute atomic E-state index is 5.96. The van der Waals surface area contributed by atoms with E-state index in [1.807, 2.05) is 0 Å². The molecule has 1 fully saturated rings. The van der Waals surface area contributed by atoms with Crippen LogP contribution in [0.2, 0.25) is 0 Å². The standard InChI is InChI=1S/C17H26N2S2/c1-3-21-15-10-6-9-14(16(15)17(18)20)19-11-13-8-5-4-7-12(13)2/h6,9-10,12-13,19H,3-5,7-8,11H2,1-2H3,(H2,18,20). The molecule has 0 radical (unpaired) electrons. The Bertz CT molecular complexity index is 488. The molecule has 116 valence electrons. The van der Waals surface area contributed by atoms with E-state index in [0.29, 0.717) is 4.99 Å². The molecule has 4 heteroatoms. The van der Waals surface area contributed by atoms with Gasteiger partial charge in [-0.1, -0.05) is 51.4 Å². The molecule has 0 aliphatic heterocycles. The summed E-state index contributed by atoms with van der Waals surface area (Å²) in [6.07, 6.45) is 5.45. The third-order valence-electron chi connectivity index (χ3n) is 4.42. The molecular weight excluding hydrogens is 296 g/mol. The van der Waals surface area contributed by atoms with Crippen LogP contribution >= 0.6 is 24.0 Å². The van der Waals surface area contributed by atoms with E-state index in [1.54, 1.807) is 11.8 Å². The molecule has 0 saturated heterocycles. The fraction of sp³-hybridized carbons (Fsp3) is 0.588. The number of thiocarbonyl (C=S) groups is 1. The van der Waals surface area contributed by atoms with Gasteiger partial charge in [0.05, 0.1) is 0 Å². The smallest absolute Gasteiger partial charge is 0.107 e. The Labute approximate surface area is 138 Å². The highest BCUT2D eigenvalue weighted by molar-refractivity contribution is 7.99. The van der Waals surface area contributed by atoms with Crippen LogP contribution in [0.3, 0.4) is 0 Å². The van der Waals surface area contributed by atoms with Gasteiger partial charge in [-0.25, -0.2) is 0 Å². The van der Waals surface area contributed by atoms with Gasteiger partial charge in [0.15, 0.2) is 0 Å². The summed E-state index contributed by atoms with van der Waals surface area (Å²) in [6, 6.07) is 6.30. The lowest BCUT2D eigenvalue weighted by molar-refractivity contribution is 0.268. The fourth-order valence-electron chi connectivity index (χ4n) is 3.15. The Morgan fingerprint density at radius 1 is 1.38 bits per heavy atom. The molecule has 2 atom stereocenters. The van der Waals surface area contributed by atoms with Crippen LogP contribution in [0.4, 0.5) is 5.69 Å². The largest absolute Gasteiger partial charge is 0.389 e. The van der Waals surface area contributed by atoms with Crippen LogP contribution in [0.5, 0.6) is 0 Å². The Morgan fingerprint density at radius 2 is 2.14 bits per heavy atom. The minimum Gasteiger partial charge on any atom is -0.389 e. The van der Waals surface area contributed by atoms with Crippen molar-refractivity contribution in [1.29, 1.82) is 0 Å². The van der Waals surface area contributed by atoms with Gasteiger partial charge in [0.1, 0.15) is 4.99 Å². The van der Waals surface area contributed by atoms with Crippen molar-refractivity contribution in [1.82, 2.24) is 0 Å². The molecule has 2 unspecified atom stereocenters. The summed E-state index contributed by atoms with van der Waals surface area (Å²) < 4.78 is 0. The predicted octanol–water partition coefficient (Wildman–Crippen LogP) is 4.67. The number of hydrogen-bond donors (Lipinski definition) is 2. The van der Waals surface area contributed by atoms with Gasteiger partial charge in [0.25, 0.3) is 0 Å². The van der Waals surface area contributed by atoms with E-state index < -0.39 is 0 Å². The first-order valence-corrected chi connectivity index (χ1v) is 9.32. The second kappa shape index (κ2) is 8.04. The second-order valence-corrected chi connectivity index (χ2v) is 7.62. The molecule has 1 saturated carbocycles. The quantitative estimate of drug-likeness (QED) is 0.589. The molecule has 2 nitrogen and oxygen atoms in total. The molecule has 0 aromatic heterocycles. The number of thioether (sulfide) groups is 1. The maximum atomic E-state index is 5.96. The van der Waals surface area contributed by atoms with Crippen LogP contribution in [0, 0.1) is 11.8 Å². The van der Waals surface area contributed by atoms with E-state index >= 15 is 0 Å². The fourth-order valence-corrected chi connectivity index (χ4v) is 4.28. The van der Waals surface area contributed by atoms with Crippen molar-refractivity contribution in [2.24, 2.45) is 17.6 Å². The number of anilines is 1. The highest BCUT2D eigenvalue weighted by atomic mass is 32.2. The van der Waals surface area contributed by atoms with Gasteiger partial charge in [0.2, 0.25) is 0 Å². The molecule has 3 N–H and O–H groups in total. The minimum absolute atomic E-state index is 0.491. The molecule has 0 bridgehead atoms. The summed E-state index contributed by atoms with van der Waals surface area (Å²) >= 11 is 7.07. The Kier molecular flexibility index (Phi) is 6.37. The van der Waals surface area contributed by atoms with Crippen molar-refractivity contribution in [3.63, 3.8) is 0 Å². The monoisotopic (exact) mass is 322 g/mol. The van der Waals surface area contributed by atoms with Crippen molar-refractivity contribution in [3.8, 4) is 0 Å². The third kappa shape index (κ3) is 4.36. The zero-order chi connectivity index (χ0) is 15.2. The predicted molar refractivity (Wildman–Crippen MR) is 98.3 cm³/mol. The van der Waals surface area contributed by atoms with Gasteiger partial charge >= 0.3 is 0 Å². The van der Waals surface area contributed by atoms with Crippen LogP contribution in [0.1, 0.15) is 45.1 Å². The number of hydrogen-bond acceptors (Lipinski definition) is 3. The molecule has 1 aliphatic carbocycles. The van der Waals surface area contributed by atoms with Gasteiger partial charge in [-0.3, -0.25) is 0 Å². The SMILES string of the molecule is CCSc1cccc(NCC2CCCCC2C)c1C(N)=S. The van der Waals surface area contributed by atoms with E-state index in [-0.39, 0.29) is 0 Å². The normalized spacial score (nSPS) is 22.0. The first-order chi connectivity index (χ1) is 10.1. The van der Waals surface area contributed by atoms with E-state index in [0.717, 1.165) is 35.4 Å². The summed E-state index contributed by atoms with van der Waals surface area (Å²) in [5.41, 5.74) is 8.07. The topological polar surface area (TPSA) is 38.0 Å². The van der Waals surface area contributed by atoms with E-state index in [9.17, 15) is 0 Å². The van der Waals surface area contributed by atoms with Crippen molar-refractivity contribution in [2.75, 3.05) is 17.6 Å². The average Bonchev–Trinajstić information content (AvgIpc) is 2.46. The molecule has 1 aromatic rings. The number of benzene rings is 1. The maximum Gasteiger partial charge on any atom is 0.107 e. The molecule has 21 heavy (non-hydrogen) atoms. The lowest BCUT2D eigenvalue weighted by atomic mass is 9.80. The van der Waals surface area contributed by atoms with E-state index in [2.05, 4.69) is 37.4 Å². The average molecular weight is 323 g/mol. The van der Waals surface area contributed by atoms with Gasteiger partial charge in [-0.05, 0) is 36.1 Å². The first-order valence-electron chi connectivity index (χ1n) is 7.93. The zero-order valence-corrected chi connectivity index (χ0v) is 14.7. The summed E-state index contributed by atoms with van der Waals surface area (Å²) in [5.74, 6) is 2.60. The van der Waals surface area contributed by atoms with Gasteiger partial charge in [-0.15, -0.1) is 11.8 Å². The lowest BCUT2D eigenvalue weighted by Gasteiger charge is -2.29. The summed E-state index contributed by atoms with van der Waals surface area (Å²) in [7, 11) is 0. The van der Waals surface area contributed by atoms with Gasteiger partial charge in [-0.2, -0.15) is 0 Å². The summed E-state index contributed by atoms with van der Waals surface area (Å²) in [6.45, 7) is 5.55. The Morgan fingerprint density at radius 3 is 2.81 bits per heavy atom. The van der Waals surface area contributed by atoms with Crippen molar-refractivity contribution in [2.45, 2.75) is 44.4 Å². The summed E-state index contributed by atoms with van der Waals surface area (Å²) in [5, 5.41) is 3.61. The van der Waals surface area contributed by atoms with Crippen LogP contribution < -0.4 is 11.1 Å². The minimum atomic E-state index is 0.491. The number of nitrogens with one attached hydrogen (secondary N) is 1.